The number of aryl methyl sites for hydroxylation is 4. The third kappa shape index (κ3) is 18.0. The smallest absolute Gasteiger partial charge is 0.407 e. The predicted octanol–water partition coefficient (Wildman–Crippen LogP) is 7.88. The van der Waals surface area contributed by atoms with E-state index in [0.717, 1.165) is 22.5 Å². The summed E-state index contributed by atoms with van der Waals surface area (Å²) in [5, 5.41) is 20.4. The minimum atomic E-state index is -1.15. The molecule has 4 aromatic heterocycles. The standard InChI is InChI=1S/C31H38N6O6.C22H22N4O3/c1-20-26(27(38)37-24(28(39)41-6)18-33-30(40)43-31(3,4)5)21(2)35-29(34-20)32-17-11-15-23-14-10-16-25(36-23)42-19-22-12-8-7-9-13-22;1-15-20(21(27)28)16(2)25-22(24-15)23-13-7-11-18-10-6-12-19(26-18)29-14-17-8-4-3-5-9-17/h7-16,24H,17-19H2,1-6H3,(H,33,40)(H,37,38)(H,32,34,35);3-12H,13-14H2,1-2H3,(H,27,28)(H,23,24,25)/b15-11+;11-7+/t24-;/m0./s1. The first-order chi connectivity index (χ1) is 34.5. The maximum absolute atomic E-state index is 13.1. The van der Waals surface area contributed by atoms with E-state index in [-0.39, 0.29) is 17.7 Å². The number of methoxy groups -OCH3 is 1. The fourth-order valence-electron chi connectivity index (χ4n) is 6.63. The van der Waals surface area contributed by atoms with Crippen molar-refractivity contribution in [3.05, 3.63) is 166 Å². The zero-order valence-electron chi connectivity index (χ0n) is 41.6. The number of aromatic carboxylic acids is 1. The summed E-state index contributed by atoms with van der Waals surface area (Å²) in [4.78, 5) is 74.7. The number of hydrogen-bond acceptors (Lipinski definition) is 16. The van der Waals surface area contributed by atoms with Gasteiger partial charge in [0, 0.05) is 25.2 Å². The molecule has 4 heterocycles. The van der Waals surface area contributed by atoms with E-state index in [1.807, 2.05) is 115 Å². The van der Waals surface area contributed by atoms with Crippen molar-refractivity contribution in [3.8, 4) is 11.8 Å². The Balaban J connectivity index is 0.000000288. The van der Waals surface area contributed by atoms with Crippen molar-refractivity contribution in [2.45, 2.75) is 73.3 Å². The molecule has 2 aromatic carbocycles. The zero-order chi connectivity index (χ0) is 52.0. The van der Waals surface area contributed by atoms with Crippen molar-refractivity contribution in [2.24, 2.45) is 0 Å². The van der Waals surface area contributed by atoms with E-state index in [1.54, 1.807) is 54.5 Å². The number of esters is 1. The number of pyridine rings is 2. The fourth-order valence-corrected chi connectivity index (χ4v) is 6.63. The summed E-state index contributed by atoms with van der Waals surface area (Å²) < 4.78 is 21.5. The van der Waals surface area contributed by atoms with Gasteiger partial charge in [-0.1, -0.05) is 84.9 Å². The average Bonchev–Trinajstić information content (AvgIpc) is 3.34. The van der Waals surface area contributed by atoms with E-state index in [2.05, 4.69) is 51.2 Å². The number of amides is 2. The van der Waals surface area contributed by atoms with Gasteiger partial charge in [0.2, 0.25) is 23.7 Å². The Kier molecular flexibility index (Phi) is 20.2. The van der Waals surface area contributed by atoms with Crippen LogP contribution in [0.4, 0.5) is 16.7 Å². The molecule has 0 aliphatic heterocycles. The maximum Gasteiger partial charge on any atom is 0.407 e. The zero-order valence-corrected chi connectivity index (χ0v) is 41.6. The summed E-state index contributed by atoms with van der Waals surface area (Å²) in [5.74, 6) is -0.522. The van der Waals surface area contributed by atoms with Crippen molar-refractivity contribution >= 4 is 48.0 Å². The molecule has 6 rings (SSSR count). The van der Waals surface area contributed by atoms with E-state index >= 15 is 0 Å². The normalized spacial score (nSPS) is 11.4. The van der Waals surface area contributed by atoms with Gasteiger partial charge in [0.25, 0.3) is 5.91 Å². The Hall–Kier alpha value is -8.74. The summed E-state index contributed by atoms with van der Waals surface area (Å²) in [6.07, 6.45) is 6.75. The van der Waals surface area contributed by atoms with E-state index < -0.39 is 35.6 Å². The molecule has 0 bridgehead atoms. The quantitative estimate of drug-likeness (QED) is 0.0456. The van der Waals surface area contributed by atoms with Crippen LogP contribution in [0.1, 0.15) is 86.8 Å². The lowest BCUT2D eigenvalue weighted by Gasteiger charge is -2.22. The van der Waals surface area contributed by atoms with Crippen LogP contribution in [0.5, 0.6) is 11.8 Å². The monoisotopic (exact) mass is 980 g/mol. The molecule has 5 N–H and O–H groups in total. The van der Waals surface area contributed by atoms with Crippen LogP contribution in [0, 0.1) is 27.7 Å². The molecule has 0 saturated heterocycles. The number of carbonyl (C=O) groups excluding carboxylic acids is 3. The molecule has 376 valence electrons. The Morgan fingerprint density at radius 2 is 1.06 bits per heavy atom. The van der Waals surface area contributed by atoms with Gasteiger partial charge in [0.1, 0.15) is 30.4 Å². The lowest BCUT2D eigenvalue weighted by molar-refractivity contribution is -0.142. The first-order valence-electron chi connectivity index (χ1n) is 22.9. The summed E-state index contributed by atoms with van der Waals surface area (Å²) in [5.41, 5.74) is 4.96. The van der Waals surface area contributed by atoms with Gasteiger partial charge in [0.05, 0.1) is 53.4 Å². The third-order valence-corrected chi connectivity index (χ3v) is 9.91. The molecular formula is C53H60N10O9. The molecular weight excluding hydrogens is 921 g/mol. The van der Waals surface area contributed by atoms with Crippen LogP contribution in [0.25, 0.3) is 12.2 Å². The summed E-state index contributed by atoms with van der Waals surface area (Å²) in [7, 11) is 1.19. The predicted molar refractivity (Wildman–Crippen MR) is 273 cm³/mol. The number of ether oxygens (including phenoxy) is 4. The van der Waals surface area contributed by atoms with Crippen LogP contribution < -0.4 is 30.7 Å². The summed E-state index contributed by atoms with van der Waals surface area (Å²) in [6.45, 7) is 13.3. The number of rotatable bonds is 20. The highest BCUT2D eigenvalue weighted by molar-refractivity contribution is 5.98. The Morgan fingerprint density at radius 1 is 0.611 bits per heavy atom. The van der Waals surface area contributed by atoms with E-state index in [0.29, 0.717) is 72.7 Å². The number of nitrogens with one attached hydrogen (secondary N) is 4. The molecule has 0 aliphatic rings. The first kappa shape index (κ1) is 54.2. The highest BCUT2D eigenvalue weighted by Gasteiger charge is 2.27. The van der Waals surface area contributed by atoms with Crippen molar-refractivity contribution in [1.82, 2.24) is 40.5 Å². The molecule has 0 saturated carbocycles. The minimum Gasteiger partial charge on any atom is -0.478 e. The molecule has 19 heteroatoms. The second kappa shape index (κ2) is 26.9. The average molecular weight is 981 g/mol. The van der Waals surface area contributed by atoms with Crippen molar-refractivity contribution in [2.75, 3.05) is 37.4 Å². The number of benzene rings is 2. The lowest BCUT2D eigenvalue weighted by Crippen LogP contribution is -2.50. The van der Waals surface area contributed by atoms with Crippen molar-refractivity contribution in [3.63, 3.8) is 0 Å². The van der Waals surface area contributed by atoms with E-state index in [4.69, 9.17) is 18.9 Å². The second-order valence-corrected chi connectivity index (χ2v) is 16.8. The SMILES string of the molecule is COC(=O)[C@H](CNC(=O)OC(C)(C)C)NC(=O)c1c(C)nc(NC/C=C/c2cccc(OCc3ccccc3)n2)nc1C.Cc1nc(NC/C=C/c2cccc(OCc3ccccc3)n2)nc(C)c1C(=O)O. The highest BCUT2D eigenvalue weighted by Crippen LogP contribution is 2.17. The fraction of sp³-hybridized carbons (Fsp3) is 0.283. The molecule has 6 aromatic rings. The van der Waals surface area contributed by atoms with Crippen LogP contribution >= 0.6 is 0 Å². The number of carboxylic acid groups (broad SMARTS) is 1. The van der Waals surface area contributed by atoms with Crippen LogP contribution in [0.3, 0.4) is 0 Å². The summed E-state index contributed by atoms with van der Waals surface area (Å²) >= 11 is 0. The maximum atomic E-state index is 13.1. The van der Waals surface area contributed by atoms with Gasteiger partial charge in [-0.15, -0.1) is 0 Å². The van der Waals surface area contributed by atoms with Gasteiger partial charge in [-0.25, -0.2) is 44.3 Å². The van der Waals surface area contributed by atoms with Crippen molar-refractivity contribution < 1.29 is 43.2 Å². The number of anilines is 2. The minimum absolute atomic E-state index is 0.141. The van der Waals surface area contributed by atoms with Crippen LogP contribution in [0.15, 0.2) is 109 Å². The number of hydrogen-bond donors (Lipinski definition) is 5. The molecule has 0 fully saturated rings. The van der Waals surface area contributed by atoms with Crippen LogP contribution in [0.2, 0.25) is 0 Å². The number of carboxylic acids is 1. The van der Waals surface area contributed by atoms with Gasteiger partial charge in [-0.05, 0) is 83.9 Å². The second-order valence-electron chi connectivity index (χ2n) is 16.8. The van der Waals surface area contributed by atoms with Crippen LogP contribution in [-0.2, 0) is 27.5 Å². The summed E-state index contributed by atoms with van der Waals surface area (Å²) in [6, 6.07) is 29.8. The lowest BCUT2D eigenvalue weighted by atomic mass is 10.1. The largest absolute Gasteiger partial charge is 0.478 e. The molecule has 0 radical (unpaired) electrons. The number of aromatic nitrogens is 6. The van der Waals surface area contributed by atoms with Gasteiger partial charge < -0.3 is 45.3 Å². The molecule has 0 aliphatic carbocycles. The molecule has 0 spiro atoms. The van der Waals surface area contributed by atoms with Gasteiger partial charge in [-0.2, -0.15) is 0 Å². The third-order valence-electron chi connectivity index (χ3n) is 9.91. The molecule has 1 atom stereocenters. The topological polar surface area (TPSA) is 251 Å². The van der Waals surface area contributed by atoms with E-state index in [1.165, 1.54) is 7.11 Å². The van der Waals surface area contributed by atoms with Gasteiger partial charge >= 0.3 is 18.0 Å². The molecule has 0 unspecified atom stereocenters. The number of nitrogens with zero attached hydrogens (tertiary/aromatic N) is 6. The Bertz CT molecular complexity index is 2790. The molecule has 19 nitrogen and oxygen atoms in total. The van der Waals surface area contributed by atoms with Gasteiger partial charge in [0.15, 0.2) is 0 Å². The molecule has 2 amide bonds. The Labute approximate surface area is 418 Å². The highest BCUT2D eigenvalue weighted by atomic mass is 16.6. The van der Waals surface area contributed by atoms with E-state index in [9.17, 15) is 24.3 Å². The number of carbonyl (C=O) groups is 4. The van der Waals surface area contributed by atoms with Crippen molar-refractivity contribution in [1.29, 1.82) is 0 Å². The Morgan fingerprint density at radius 3 is 1.47 bits per heavy atom. The number of alkyl carbamates (subject to hydrolysis) is 1. The first-order valence-corrected chi connectivity index (χ1v) is 22.9. The van der Waals surface area contributed by atoms with Gasteiger partial charge in [-0.3, -0.25) is 4.79 Å². The molecule has 72 heavy (non-hydrogen) atoms. The van der Waals surface area contributed by atoms with Crippen LogP contribution in [-0.4, -0.2) is 97.3 Å².